The van der Waals surface area contributed by atoms with Crippen LogP contribution >= 0.6 is 0 Å². The molecule has 2 heterocycles. The zero-order chi connectivity index (χ0) is 19.7. The standard InChI is InChI=1S/C20H30N6O/c1-19(2,3)13-5-8-20(27,9-6-13)15-11-17(22-4)25-18(14(15)12-21)24-16-7-10-23-26-16/h7,10-13,21,27H,5-6,8-9H2,1-4H3,(H3,22,23,24,25,26). The summed E-state index contributed by atoms with van der Waals surface area (Å²) in [4.78, 5) is 4.55. The largest absolute Gasteiger partial charge is 0.385 e. The summed E-state index contributed by atoms with van der Waals surface area (Å²) in [5.74, 6) is 2.47. The minimum atomic E-state index is -0.951. The topological polar surface area (TPSA) is 110 Å². The summed E-state index contributed by atoms with van der Waals surface area (Å²) in [6.07, 6.45) is 6.24. The number of anilines is 3. The van der Waals surface area contributed by atoms with Crippen molar-refractivity contribution in [3.8, 4) is 0 Å². The van der Waals surface area contributed by atoms with Gasteiger partial charge in [0.05, 0.1) is 11.8 Å². The summed E-state index contributed by atoms with van der Waals surface area (Å²) < 4.78 is 0. The number of nitrogens with one attached hydrogen (secondary N) is 4. The molecule has 7 nitrogen and oxygen atoms in total. The molecule has 7 heteroatoms. The minimum Gasteiger partial charge on any atom is -0.385 e. The fraction of sp³-hybridized carbons (Fsp3) is 0.550. The first-order valence-corrected chi connectivity index (χ1v) is 9.49. The molecule has 0 aromatic carbocycles. The van der Waals surface area contributed by atoms with E-state index >= 15 is 0 Å². The van der Waals surface area contributed by atoms with Crippen LogP contribution in [0.1, 0.15) is 57.6 Å². The van der Waals surface area contributed by atoms with Crippen molar-refractivity contribution in [2.75, 3.05) is 17.7 Å². The van der Waals surface area contributed by atoms with E-state index in [-0.39, 0.29) is 5.41 Å². The molecule has 27 heavy (non-hydrogen) atoms. The van der Waals surface area contributed by atoms with Gasteiger partial charge in [0.2, 0.25) is 0 Å². The quantitative estimate of drug-likeness (QED) is 0.511. The van der Waals surface area contributed by atoms with Crippen molar-refractivity contribution in [1.29, 1.82) is 5.41 Å². The molecule has 1 aliphatic rings. The molecule has 146 valence electrons. The summed E-state index contributed by atoms with van der Waals surface area (Å²) in [5, 5.41) is 32.5. The lowest BCUT2D eigenvalue weighted by atomic mass is 9.66. The van der Waals surface area contributed by atoms with Gasteiger partial charge in [-0.3, -0.25) is 5.10 Å². The van der Waals surface area contributed by atoms with Crippen LogP contribution in [0, 0.1) is 16.7 Å². The van der Waals surface area contributed by atoms with E-state index in [9.17, 15) is 5.11 Å². The molecular weight excluding hydrogens is 340 g/mol. The first kappa shape index (κ1) is 19.4. The smallest absolute Gasteiger partial charge is 0.143 e. The fourth-order valence-electron chi connectivity index (χ4n) is 3.99. The van der Waals surface area contributed by atoms with Gasteiger partial charge in [0.25, 0.3) is 0 Å². The second kappa shape index (κ2) is 7.31. The Kier molecular flexibility index (Phi) is 5.24. The Hall–Kier alpha value is -2.41. The van der Waals surface area contributed by atoms with Crippen LogP contribution in [0.2, 0.25) is 0 Å². The van der Waals surface area contributed by atoms with Gasteiger partial charge in [0.1, 0.15) is 17.5 Å². The van der Waals surface area contributed by atoms with Crippen molar-refractivity contribution >= 4 is 23.7 Å². The first-order chi connectivity index (χ1) is 12.8. The van der Waals surface area contributed by atoms with E-state index in [0.717, 1.165) is 18.4 Å². The van der Waals surface area contributed by atoms with E-state index in [1.165, 1.54) is 6.21 Å². The van der Waals surface area contributed by atoms with E-state index in [0.29, 0.717) is 41.8 Å². The second-order valence-corrected chi connectivity index (χ2v) is 8.48. The molecule has 0 spiro atoms. The van der Waals surface area contributed by atoms with Gasteiger partial charge in [-0.2, -0.15) is 5.10 Å². The predicted octanol–water partition coefficient (Wildman–Crippen LogP) is 4.01. The molecule has 0 radical (unpaired) electrons. The highest BCUT2D eigenvalue weighted by Crippen LogP contribution is 2.47. The highest BCUT2D eigenvalue weighted by molar-refractivity contribution is 5.89. The van der Waals surface area contributed by atoms with Crippen LogP contribution in [0.5, 0.6) is 0 Å². The lowest BCUT2D eigenvalue weighted by molar-refractivity contribution is -0.0298. The molecule has 0 saturated heterocycles. The maximum Gasteiger partial charge on any atom is 0.143 e. The molecule has 0 aliphatic heterocycles. The van der Waals surface area contributed by atoms with Crippen LogP contribution in [0.3, 0.4) is 0 Å². The van der Waals surface area contributed by atoms with Gasteiger partial charge in [-0.25, -0.2) is 4.98 Å². The summed E-state index contributed by atoms with van der Waals surface area (Å²) in [6, 6.07) is 3.67. The number of aliphatic hydroxyl groups is 1. The average Bonchev–Trinajstić information content (AvgIpc) is 3.13. The Balaban J connectivity index is 1.98. The Bertz CT molecular complexity index is 786. The SMILES string of the molecule is CNc1cc(C2(O)CCC(C(C)(C)C)CC2)c(C=N)c(Nc2ccn[nH]2)n1. The third-order valence-electron chi connectivity index (χ3n) is 5.75. The zero-order valence-electron chi connectivity index (χ0n) is 16.6. The van der Waals surface area contributed by atoms with Gasteiger partial charge < -0.3 is 21.1 Å². The number of rotatable bonds is 5. The summed E-state index contributed by atoms with van der Waals surface area (Å²) in [6.45, 7) is 6.80. The van der Waals surface area contributed by atoms with Crippen molar-refractivity contribution in [1.82, 2.24) is 15.2 Å². The first-order valence-electron chi connectivity index (χ1n) is 9.49. The lowest BCUT2D eigenvalue weighted by Crippen LogP contribution is -2.36. The third kappa shape index (κ3) is 3.98. The molecule has 2 aromatic rings. The molecule has 1 fully saturated rings. The Morgan fingerprint density at radius 2 is 2.04 bits per heavy atom. The zero-order valence-corrected chi connectivity index (χ0v) is 16.6. The number of hydrogen-bond donors (Lipinski definition) is 5. The van der Waals surface area contributed by atoms with Crippen molar-refractivity contribution in [3.63, 3.8) is 0 Å². The molecule has 2 aromatic heterocycles. The molecule has 1 aliphatic carbocycles. The fourth-order valence-corrected chi connectivity index (χ4v) is 3.99. The number of pyridine rings is 1. The Labute approximate surface area is 160 Å². The molecule has 0 bridgehead atoms. The van der Waals surface area contributed by atoms with Gasteiger partial charge >= 0.3 is 0 Å². The molecule has 0 atom stereocenters. The number of aromatic amines is 1. The van der Waals surface area contributed by atoms with E-state index in [2.05, 4.69) is 46.6 Å². The lowest BCUT2D eigenvalue weighted by Gasteiger charge is -2.42. The number of nitrogens with zero attached hydrogens (tertiary/aromatic N) is 2. The van der Waals surface area contributed by atoms with Crippen LogP contribution in [-0.2, 0) is 5.60 Å². The summed E-state index contributed by atoms with van der Waals surface area (Å²) >= 11 is 0. The maximum atomic E-state index is 11.5. The second-order valence-electron chi connectivity index (χ2n) is 8.48. The number of H-pyrrole nitrogens is 1. The molecule has 0 unspecified atom stereocenters. The van der Waals surface area contributed by atoms with Crippen LogP contribution in [0.4, 0.5) is 17.5 Å². The molecule has 3 rings (SSSR count). The number of aromatic nitrogens is 3. The van der Waals surface area contributed by atoms with Gasteiger partial charge in [0, 0.05) is 24.9 Å². The van der Waals surface area contributed by atoms with Crippen molar-refractivity contribution in [2.45, 2.75) is 52.1 Å². The van der Waals surface area contributed by atoms with Gasteiger partial charge in [0.15, 0.2) is 0 Å². The maximum absolute atomic E-state index is 11.5. The van der Waals surface area contributed by atoms with Gasteiger partial charge in [-0.1, -0.05) is 20.8 Å². The average molecular weight is 371 g/mol. The molecule has 0 amide bonds. The monoisotopic (exact) mass is 370 g/mol. The van der Waals surface area contributed by atoms with E-state index in [4.69, 9.17) is 5.41 Å². The third-order valence-corrected chi connectivity index (χ3v) is 5.75. The van der Waals surface area contributed by atoms with E-state index in [1.54, 1.807) is 19.3 Å². The summed E-state index contributed by atoms with van der Waals surface area (Å²) in [7, 11) is 1.80. The van der Waals surface area contributed by atoms with Crippen LogP contribution in [-0.4, -0.2) is 33.6 Å². The van der Waals surface area contributed by atoms with Crippen LogP contribution < -0.4 is 10.6 Å². The van der Waals surface area contributed by atoms with Crippen LogP contribution in [0.25, 0.3) is 0 Å². The number of hydrogen-bond acceptors (Lipinski definition) is 6. The highest BCUT2D eigenvalue weighted by atomic mass is 16.3. The van der Waals surface area contributed by atoms with Crippen molar-refractivity contribution in [3.05, 3.63) is 29.5 Å². The van der Waals surface area contributed by atoms with E-state index < -0.39 is 5.60 Å². The Morgan fingerprint density at radius 3 is 2.56 bits per heavy atom. The van der Waals surface area contributed by atoms with Gasteiger partial charge in [-0.15, -0.1) is 0 Å². The van der Waals surface area contributed by atoms with Crippen molar-refractivity contribution in [2.24, 2.45) is 11.3 Å². The highest BCUT2D eigenvalue weighted by Gasteiger charge is 2.40. The normalized spacial score (nSPS) is 23.1. The van der Waals surface area contributed by atoms with Gasteiger partial charge in [-0.05, 0) is 48.6 Å². The van der Waals surface area contributed by atoms with Crippen LogP contribution in [0.15, 0.2) is 18.3 Å². The minimum absolute atomic E-state index is 0.243. The molecular formula is C20H30N6O. The summed E-state index contributed by atoms with van der Waals surface area (Å²) in [5.41, 5.74) is 0.660. The van der Waals surface area contributed by atoms with Crippen molar-refractivity contribution < 1.29 is 5.11 Å². The Morgan fingerprint density at radius 1 is 1.33 bits per heavy atom. The molecule has 5 N–H and O–H groups in total. The van der Waals surface area contributed by atoms with E-state index in [1.807, 2.05) is 6.07 Å². The predicted molar refractivity (Wildman–Crippen MR) is 109 cm³/mol. The molecule has 1 saturated carbocycles.